The van der Waals surface area contributed by atoms with Crippen molar-refractivity contribution in [2.24, 2.45) is 5.84 Å². The van der Waals surface area contributed by atoms with E-state index in [0.29, 0.717) is 12.2 Å². The minimum Gasteiger partial charge on any atom is -0.347 e. The molecule has 7 heteroatoms. The van der Waals surface area contributed by atoms with Gasteiger partial charge in [0.15, 0.2) is 0 Å². The molecule has 0 aromatic rings. The third-order valence-electron chi connectivity index (χ3n) is 0.946. The molecule has 2 amide bonds. The van der Waals surface area contributed by atoms with Crippen LogP contribution in [0.2, 0.25) is 0 Å². The number of thiol groups is 1. The van der Waals surface area contributed by atoms with E-state index >= 15 is 0 Å². The van der Waals surface area contributed by atoms with Crippen molar-refractivity contribution in [1.82, 2.24) is 10.7 Å². The van der Waals surface area contributed by atoms with Crippen molar-refractivity contribution >= 4 is 54.0 Å². The van der Waals surface area contributed by atoms with E-state index in [4.69, 9.17) is 5.84 Å². The van der Waals surface area contributed by atoms with Crippen molar-refractivity contribution in [2.75, 3.05) is 12.3 Å². The molecule has 0 aliphatic rings. The first-order valence-corrected chi connectivity index (χ1v) is 3.71. The van der Waals surface area contributed by atoms with Gasteiger partial charge in [-0.1, -0.05) is 0 Å². The van der Waals surface area contributed by atoms with E-state index < -0.39 is 5.91 Å². The number of carbonyl (C=O) groups excluding carboxylic acids is 2. The van der Waals surface area contributed by atoms with Crippen molar-refractivity contribution in [2.45, 2.75) is 6.42 Å². The molecule has 0 saturated carbocycles. The van der Waals surface area contributed by atoms with Crippen molar-refractivity contribution < 1.29 is 9.59 Å². The fourth-order valence-corrected chi connectivity index (χ4v) is 0.623. The Hall–Kier alpha value is 0.250. The summed E-state index contributed by atoms with van der Waals surface area (Å²) in [5, 5.41) is 2.35. The summed E-state index contributed by atoms with van der Waals surface area (Å²) < 4.78 is 0. The number of amides is 2. The first kappa shape index (κ1) is 14.8. The molecule has 0 aliphatic heterocycles. The number of hydrogen-bond acceptors (Lipinski definition) is 4. The summed E-state index contributed by atoms with van der Waals surface area (Å²) in [4.78, 5) is 21.1. The van der Waals surface area contributed by atoms with Gasteiger partial charge >= 0.3 is 0 Å². The molecule has 0 aromatic carbocycles. The zero-order valence-corrected chi connectivity index (χ0v) is 9.86. The smallest absolute Gasteiger partial charge is 0.253 e. The summed E-state index contributed by atoms with van der Waals surface area (Å²) in [5.41, 5.74) is 1.89. The van der Waals surface area contributed by atoms with Gasteiger partial charge in [0.25, 0.3) is 5.91 Å². The molecule has 0 saturated heterocycles. The van der Waals surface area contributed by atoms with Crippen molar-refractivity contribution in [3.8, 4) is 0 Å². The average Bonchev–Trinajstić information content (AvgIpc) is 2.01. The largest absolute Gasteiger partial charge is 0.347 e. The number of hydrazine groups is 1. The Morgan fingerprint density at radius 3 is 2.33 bits per heavy atom. The Morgan fingerprint density at radius 1 is 1.33 bits per heavy atom. The maximum Gasteiger partial charge on any atom is 0.253 e. The number of hydrogen-bond donors (Lipinski definition) is 4. The van der Waals surface area contributed by atoms with E-state index in [0.717, 1.165) is 0 Å². The van der Waals surface area contributed by atoms with Gasteiger partial charge in [-0.15, -0.1) is 0 Å². The number of rotatable bonds is 4. The Bertz CT molecular complexity index is 156. The normalized spacial score (nSPS) is 8.17. The van der Waals surface area contributed by atoms with Gasteiger partial charge in [-0.2, -0.15) is 12.6 Å². The Kier molecular flexibility index (Phi) is 11.5. The zero-order chi connectivity index (χ0) is 8.69. The third-order valence-corrected chi connectivity index (χ3v) is 1.17. The van der Waals surface area contributed by atoms with Crippen LogP contribution >= 0.6 is 12.6 Å². The molecule has 0 aromatic heterocycles. The van der Waals surface area contributed by atoms with Gasteiger partial charge in [0.1, 0.15) is 0 Å². The van der Waals surface area contributed by atoms with Gasteiger partial charge in [0.2, 0.25) is 5.91 Å². The quantitative estimate of drug-likeness (QED) is 0.140. The molecule has 0 heterocycles. The number of nitrogens with two attached hydrogens (primary N) is 1. The van der Waals surface area contributed by atoms with E-state index in [9.17, 15) is 9.59 Å². The van der Waals surface area contributed by atoms with Crippen LogP contribution in [-0.2, 0) is 9.59 Å². The summed E-state index contributed by atoms with van der Waals surface area (Å²) >= 11 is 3.84. The van der Waals surface area contributed by atoms with Gasteiger partial charge in [-0.05, 0) is 5.75 Å². The monoisotopic (exact) mass is 200 g/mol. The summed E-state index contributed by atoms with van der Waals surface area (Å²) in [6.07, 6.45) is 0.307. The summed E-state index contributed by atoms with van der Waals surface area (Å²) in [6.45, 7) is -0.0802. The number of carbonyl (C=O) groups is 2. The Balaban J connectivity index is 0. The fourth-order valence-electron chi connectivity index (χ4n) is 0.420. The van der Waals surface area contributed by atoms with Gasteiger partial charge in [-0.25, -0.2) is 5.84 Å². The summed E-state index contributed by atoms with van der Waals surface area (Å²) in [7, 11) is 0. The van der Waals surface area contributed by atoms with E-state index in [1.54, 1.807) is 0 Å². The molecule has 65 valence electrons. The third kappa shape index (κ3) is 8.35. The molecule has 0 fully saturated rings. The topological polar surface area (TPSA) is 84.2 Å². The van der Waals surface area contributed by atoms with Crippen LogP contribution in [0.3, 0.4) is 0 Å². The molecule has 0 rings (SSSR count). The maximum atomic E-state index is 10.7. The predicted molar refractivity (Wildman–Crippen MR) is 49.6 cm³/mol. The second-order valence-electron chi connectivity index (χ2n) is 1.82. The SMILES string of the molecule is NNC(=O)CNC(=O)CCS.[Na]. The van der Waals surface area contributed by atoms with Gasteiger partial charge in [-0.3, -0.25) is 15.0 Å². The first-order chi connectivity index (χ1) is 5.20. The minimum atomic E-state index is -0.419. The van der Waals surface area contributed by atoms with Crippen LogP contribution in [0.4, 0.5) is 0 Å². The molecule has 0 aliphatic carbocycles. The Labute approximate surface area is 98.5 Å². The summed E-state index contributed by atoms with van der Waals surface area (Å²) in [6, 6.07) is 0. The summed E-state index contributed by atoms with van der Waals surface area (Å²) in [5.74, 6) is 4.61. The first-order valence-electron chi connectivity index (χ1n) is 3.07. The molecule has 0 atom stereocenters. The van der Waals surface area contributed by atoms with Crippen LogP contribution < -0.4 is 16.6 Å². The van der Waals surface area contributed by atoms with E-state index in [2.05, 4.69) is 17.9 Å². The Morgan fingerprint density at radius 2 is 1.92 bits per heavy atom. The van der Waals surface area contributed by atoms with Crippen LogP contribution in [0.5, 0.6) is 0 Å². The van der Waals surface area contributed by atoms with Crippen molar-refractivity contribution in [3.63, 3.8) is 0 Å². The van der Waals surface area contributed by atoms with Crippen LogP contribution in [0.15, 0.2) is 0 Å². The van der Waals surface area contributed by atoms with Crippen molar-refractivity contribution in [1.29, 1.82) is 0 Å². The van der Waals surface area contributed by atoms with Crippen LogP contribution in [-0.4, -0.2) is 53.7 Å². The standard InChI is InChI=1S/C5H11N3O2S.Na/c6-8-5(10)3-7-4(9)1-2-11;/h11H,1-3,6H2,(H,7,9)(H,8,10);. The van der Waals surface area contributed by atoms with Crippen LogP contribution in [0.1, 0.15) is 6.42 Å². The maximum absolute atomic E-state index is 10.7. The van der Waals surface area contributed by atoms with Gasteiger partial charge < -0.3 is 5.32 Å². The molecular weight excluding hydrogens is 189 g/mol. The molecule has 0 bridgehead atoms. The molecule has 5 nitrogen and oxygen atoms in total. The van der Waals surface area contributed by atoms with Gasteiger partial charge in [0, 0.05) is 36.0 Å². The second kappa shape index (κ2) is 9.34. The second-order valence-corrected chi connectivity index (χ2v) is 2.27. The predicted octanol–water partition coefficient (Wildman–Crippen LogP) is -1.97. The van der Waals surface area contributed by atoms with Crippen LogP contribution in [0, 0.1) is 0 Å². The fraction of sp³-hybridized carbons (Fsp3) is 0.600. The average molecular weight is 200 g/mol. The zero-order valence-electron chi connectivity index (χ0n) is 6.96. The molecule has 12 heavy (non-hydrogen) atoms. The number of nitrogens with one attached hydrogen (secondary N) is 2. The van der Waals surface area contributed by atoms with Gasteiger partial charge in [0.05, 0.1) is 6.54 Å². The molecule has 0 spiro atoms. The molecular formula is C5H11N3NaO2S. The van der Waals surface area contributed by atoms with E-state index in [1.165, 1.54) is 0 Å². The van der Waals surface area contributed by atoms with E-state index in [-0.39, 0.29) is 42.0 Å². The van der Waals surface area contributed by atoms with E-state index in [1.807, 2.05) is 5.43 Å². The van der Waals surface area contributed by atoms with Crippen LogP contribution in [0.25, 0.3) is 0 Å². The molecule has 1 radical (unpaired) electrons. The minimum absolute atomic E-state index is 0. The molecule has 4 N–H and O–H groups in total. The molecule has 0 unspecified atom stereocenters. The van der Waals surface area contributed by atoms with Crippen molar-refractivity contribution in [3.05, 3.63) is 0 Å².